The number of guanidine groups is 1. The molecule has 130 valence electrons. The van der Waals surface area contributed by atoms with Crippen molar-refractivity contribution in [1.82, 2.24) is 25.3 Å². The van der Waals surface area contributed by atoms with Crippen molar-refractivity contribution in [1.29, 1.82) is 0 Å². The van der Waals surface area contributed by atoms with Crippen LogP contribution < -0.4 is 10.6 Å². The molecule has 0 bridgehead atoms. The fourth-order valence-corrected chi connectivity index (χ4v) is 2.65. The summed E-state index contributed by atoms with van der Waals surface area (Å²) in [4.78, 5) is 7.11. The van der Waals surface area contributed by atoms with Crippen LogP contribution in [0.3, 0.4) is 0 Å². The third-order valence-electron chi connectivity index (χ3n) is 4.08. The van der Waals surface area contributed by atoms with Gasteiger partial charge in [0.15, 0.2) is 5.96 Å². The average molecular weight is 322 g/mol. The second-order valence-corrected chi connectivity index (χ2v) is 6.48. The van der Waals surface area contributed by atoms with E-state index in [1.165, 1.54) is 0 Å². The molecule has 1 fully saturated rings. The lowest BCUT2D eigenvalue weighted by molar-refractivity contribution is -0.00834. The molecule has 23 heavy (non-hydrogen) atoms. The highest BCUT2D eigenvalue weighted by Gasteiger charge is 2.28. The Kier molecular flexibility index (Phi) is 6.41. The Morgan fingerprint density at radius 2 is 2.09 bits per heavy atom. The summed E-state index contributed by atoms with van der Waals surface area (Å²) in [5, 5.41) is 10.9. The number of rotatable bonds is 6. The van der Waals surface area contributed by atoms with Gasteiger partial charge in [0.25, 0.3) is 0 Å². The third kappa shape index (κ3) is 5.51. The second kappa shape index (κ2) is 8.31. The van der Waals surface area contributed by atoms with Crippen molar-refractivity contribution in [2.75, 3.05) is 39.4 Å². The highest BCUT2D eigenvalue weighted by atomic mass is 16.5. The summed E-state index contributed by atoms with van der Waals surface area (Å²) in [5.74, 6) is 0.845. The van der Waals surface area contributed by atoms with E-state index in [-0.39, 0.29) is 5.54 Å². The molecule has 7 heteroatoms. The molecule has 7 nitrogen and oxygen atoms in total. The Morgan fingerprint density at radius 3 is 2.70 bits per heavy atom. The van der Waals surface area contributed by atoms with Gasteiger partial charge < -0.3 is 15.4 Å². The molecule has 2 rings (SSSR count). The van der Waals surface area contributed by atoms with Gasteiger partial charge in [-0.15, -0.1) is 0 Å². The molecule has 1 aromatic rings. The SMILES string of the molecule is CCNC(=NCc1cnn(C)c1)NCC(C)(C)N1CCOCC1. The smallest absolute Gasteiger partial charge is 0.191 e. The molecular weight excluding hydrogens is 292 g/mol. The number of ether oxygens (including phenoxy) is 1. The lowest BCUT2D eigenvalue weighted by atomic mass is 10.0. The van der Waals surface area contributed by atoms with Gasteiger partial charge in [-0.2, -0.15) is 5.10 Å². The van der Waals surface area contributed by atoms with Crippen molar-refractivity contribution >= 4 is 5.96 Å². The minimum Gasteiger partial charge on any atom is -0.379 e. The average Bonchev–Trinajstić information content (AvgIpc) is 2.96. The maximum absolute atomic E-state index is 5.44. The van der Waals surface area contributed by atoms with E-state index in [2.05, 4.69) is 46.4 Å². The van der Waals surface area contributed by atoms with Crippen LogP contribution in [-0.4, -0.2) is 65.6 Å². The van der Waals surface area contributed by atoms with Gasteiger partial charge in [0.1, 0.15) is 0 Å². The normalized spacial score (nSPS) is 17.3. The molecule has 2 N–H and O–H groups in total. The van der Waals surface area contributed by atoms with Gasteiger partial charge in [0, 0.05) is 50.5 Å². The predicted molar refractivity (Wildman–Crippen MR) is 92.5 cm³/mol. The zero-order chi connectivity index (χ0) is 16.7. The Bertz CT molecular complexity index is 504. The zero-order valence-electron chi connectivity index (χ0n) is 14.8. The van der Waals surface area contributed by atoms with Crippen LogP contribution >= 0.6 is 0 Å². The molecule has 0 atom stereocenters. The Labute approximate surface area is 139 Å². The van der Waals surface area contributed by atoms with Crippen LogP contribution in [0.5, 0.6) is 0 Å². The van der Waals surface area contributed by atoms with Crippen LogP contribution in [0.4, 0.5) is 0 Å². The van der Waals surface area contributed by atoms with Gasteiger partial charge in [-0.3, -0.25) is 9.58 Å². The number of hydrogen-bond donors (Lipinski definition) is 2. The van der Waals surface area contributed by atoms with Crippen molar-refractivity contribution in [2.45, 2.75) is 32.9 Å². The number of hydrogen-bond acceptors (Lipinski definition) is 4. The number of morpholine rings is 1. The predicted octanol–water partition coefficient (Wildman–Crippen LogP) is 0.586. The van der Waals surface area contributed by atoms with Gasteiger partial charge in [-0.25, -0.2) is 4.99 Å². The molecule has 2 heterocycles. The van der Waals surface area contributed by atoms with E-state index in [9.17, 15) is 0 Å². The summed E-state index contributed by atoms with van der Waals surface area (Å²) in [6.07, 6.45) is 3.84. The monoisotopic (exact) mass is 322 g/mol. The summed E-state index contributed by atoms with van der Waals surface area (Å²) in [6.45, 7) is 12.5. The van der Waals surface area contributed by atoms with Crippen molar-refractivity contribution in [2.24, 2.45) is 12.0 Å². The third-order valence-corrected chi connectivity index (χ3v) is 4.08. The van der Waals surface area contributed by atoms with E-state index in [1.807, 2.05) is 19.4 Å². The molecule has 0 unspecified atom stereocenters. The van der Waals surface area contributed by atoms with Crippen molar-refractivity contribution < 1.29 is 4.74 Å². The van der Waals surface area contributed by atoms with Crippen LogP contribution in [0.15, 0.2) is 17.4 Å². The number of aromatic nitrogens is 2. The standard InChI is InChI=1S/C16H30N6O/c1-5-17-15(18-10-14-11-20-21(4)12-14)19-13-16(2,3)22-6-8-23-9-7-22/h11-12H,5-10,13H2,1-4H3,(H2,17,18,19). The minimum atomic E-state index is 0.0638. The van der Waals surface area contributed by atoms with Gasteiger partial charge in [0.05, 0.1) is 26.0 Å². The molecule has 1 aromatic heterocycles. The molecule has 0 spiro atoms. The molecule has 0 saturated carbocycles. The zero-order valence-corrected chi connectivity index (χ0v) is 14.8. The lowest BCUT2D eigenvalue weighted by Gasteiger charge is -2.41. The Morgan fingerprint density at radius 1 is 1.35 bits per heavy atom. The quantitative estimate of drug-likeness (QED) is 0.593. The van der Waals surface area contributed by atoms with Gasteiger partial charge >= 0.3 is 0 Å². The summed E-state index contributed by atoms with van der Waals surface area (Å²) < 4.78 is 7.24. The molecule has 1 saturated heterocycles. The number of aliphatic imine (C=N–C) groups is 1. The molecule has 0 amide bonds. The molecule has 1 aliphatic rings. The van der Waals surface area contributed by atoms with E-state index in [4.69, 9.17) is 4.74 Å². The van der Waals surface area contributed by atoms with Gasteiger partial charge in [0.2, 0.25) is 0 Å². The molecule has 0 aromatic carbocycles. The van der Waals surface area contributed by atoms with Crippen LogP contribution in [0.2, 0.25) is 0 Å². The lowest BCUT2D eigenvalue weighted by Crippen LogP contribution is -2.56. The van der Waals surface area contributed by atoms with E-state index < -0.39 is 0 Å². The van der Waals surface area contributed by atoms with Crippen LogP contribution in [0.1, 0.15) is 26.3 Å². The van der Waals surface area contributed by atoms with Crippen LogP contribution in [0.25, 0.3) is 0 Å². The maximum atomic E-state index is 5.44. The topological polar surface area (TPSA) is 66.7 Å². The van der Waals surface area contributed by atoms with E-state index in [1.54, 1.807) is 4.68 Å². The minimum absolute atomic E-state index is 0.0638. The first-order chi connectivity index (χ1) is 11.0. The van der Waals surface area contributed by atoms with Gasteiger partial charge in [-0.1, -0.05) is 0 Å². The molecule has 0 aliphatic carbocycles. The molecular formula is C16H30N6O. The first-order valence-electron chi connectivity index (χ1n) is 8.34. The van der Waals surface area contributed by atoms with E-state index in [0.717, 1.165) is 50.9 Å². The fourth-order valence-electron chi connectivity index (χ4n) is 2.65. The fraction of sp³-hybridized carbons (Fsp3) is 0.750. The first-order valence-corrected chi connectivity index (χ1v) is 8.34. The molecule has 0 radical (unpaired) electrons. The largest absolute Gasteiger partial charge is 0.379 e. The second-order valence-electron chi connectivity index (χ2n) is 6.48. The van der Waals surface area contributed by atoms with Gasteiger partial charge in [-0.05, 0) is 20.8 Å². The van der Waals surface area contributed by atoms with Crippen LogP contribution in [-0.2, 0) is 18.3 Å². The molecule has 1 aliphatic heterocycles. The van der Waals surface area contributed by atoms with Crippen molar-refractivity contribution in [3.8, 4) is 0 Å². The summed E-state index contributed by atoms with van der Waals surface area (Å²) >= 11 is 0. The Hall–Kier alpha value is -1.60. The highest BCUT2D eigenvalue weighted by Crippen LogP contribution is 2.15. The van der Waals surface area contributed by atoms with Crippen molar-refractivity contribution in [3.63, 3.8) is 0 Å². The van der Waals surface area contributed by atoms with E-state index >= 15 is 0 Å². The summed E-state index contributed by atoms with van der Waals surface area (Å²) in [7, 11) is 1.92. The number of nitrogens with zero attached hydrogens (tertiary/aromatic N) is 4. The van der Waals surface area contributed by atoms with Crippen LogP contribution in [0, 0.1) is 0 Å². The summed E-state index contributed by atoms with van der Waals surface area (Å²) in [6, 6.07) is 0. The number of aryl methyl sites for hydroxylation is 1. The first kappa shape index (κ1) is 17.7. The maximum Gasteiger partial charge on any atom is 0.191 e. The highest BCUT2D eigenvalue weighted by molar-refractivity contribution is 5.79. The van der Waals surface area contributed by atoms with E-state index in [0.29, 0.717) is 6.54 Å². The summed E-state index contributed by atoms with van der Waals surface area (Å²) in [5.41, 5.74) is 1.17. The van der Waals surface area contributed by atoms with Crippen molar-refractivity contribution in [3.05, 3.63) is 18.0 Å². The Balaban J connectivity index is 1.90. The number of nitrogens with one attached hydrogen (secondary N) is 2.